The van der Waals surface area contributed by atoms with Crippen LogP contribution in [0.3, 0.4) is 0 Å². The molecule has 2 atom stereocenters. The van der Waals surface area contributed by atoms with Gasteiger partial charge in [-0.3, -0.25) is 4.68 Å². The van der Waals surface area contributed by atoms with Crippen LogP contribution in [0, 0.1) is 5.41 Å². The molecule has 4 nitrogen and oxygen atoms in total. The first-order valence-corrected chi connectivity index (χ1v) is 6.54. The lowest BCUT2D eigenvalue weighted by atomic mass is 9.56. The van der Waals surface area contributed by atoms with E-state index in [9.17, 15) is 5.11 Å². The van der Waals surface area contributed by atoms with E-state index < -0.39 is 0 Å². The van der Waals surface area contributed by atoms with Crippen LogP contribution in [0.25, 0.3) is 0 Å². The first-order valence-electron chi connectivity index (χ1n) is 6.54. The van der Waals surface area contributed by atoms with Gasteiger partial charge in [0, 0.05) is 18.9 Å². The molecule has 1 aromatic rings. The molecule has 2 unspecified atom stereocenters. The van der Waals surface area contributed by atoms with Crippen LogP contribution in [0.5, 0.6) is 5.75 Å². The molecule has 1 spiro atoms. The van der Waals surface area contributed by atoms with Gasteiger partial charge in [0.25, 0.3) is 0 Å². The Kier molecular flexibility index (Phi) is 2.62. The molecule has 1 aromatic heterocycles. The van der Waals surface area contributed by atoms with E-state index in [0.717, 1.165) is 25.0 Å². The van der Waals surface area contributed by atoms with Gasteiger partial charge in [-0.05, 0) is 12.8 Å². The average Bonchev–Trinajstić information content (AvgIpc) is 2.76. The highest BCUT2D eigenvalue weighted by Crippen LogP contribution is 2.53. The molecule has 2 fully saturated rings. The third-order valence-corrected chi connectivity index (χ3v) is 4.49. The molecule has 0 amide bonds. The summed E-state index contributed by atoms with van der Waals surface area (Å²) in [5.41, 5.74) is 0.0358. The van der Waals surface area contributed by atoms with Gasteiger partial charge in [-0.1, -0.05) is 19.3 Å². The molecule has 0 aromatic carbocycles. The number of aliphatic hydroxyl groups is 1. The summed E-state index contributed by atoms with van der Waals surface area (Å²) < 4.78 is 7.74. The van der Waals surface area contributed by atoms with Crippen molar-refractivity contribution in [2.75, 3.05) is 0 Å². The molecule has 94 valence electrons. The molecular formula is C13H20N2O2. The van der Waals surface area contributed by atoms with Crippen LogP contribution in [0.4, 0.5) is 0 Å². The molecule has 2 aliphatic carbocycles. The minimum atomic E-state index is -0.163. The number of rotatable bonds is 2. The van der Waals surface area contributed by atoms with Crippen molar-refractivity contribution in [3.63, 3.8) is 0 Å². The quantitative estimate of drug-likeness (QED) is 0.853. The summed E-state index contributed by atoms with van der Waals surface area (Å²) in [5, 5.41) is 14.2. The van der Waals surface area contributed by atoms with Crippen LogP contribution < -0.4 is 4.74 Å². The molecule has 0 bridgehead atoms. The minimum absolute atomic E-state index is 0.0358. The largest absolute Gasteiger partial charge is 0.486 e. The van der Waals surface area contributed by atoms with Crippen LogP contribution >= 0.6 is 0 Å². The highest BCUT2D eigenvalue weighted by atomic mass is 16.5. The van der Waals surface area contributed by atoms with E-state index in [4.69, 9.17) is 4.74 Å². The highest BCUT2D eigenvalue weighted by molar-refractivity contribution is 5.16. The van der Waals surface area contributed by atoms with Crippen molar-refractivity contribution in [1.82, 2.24) is 9.78 Å². The maximum Gasteiger partial charge on any atom is 0.157 e. The number of aromatic nitrogens is 2. The van der Waals surface area contributed by atoms with Crippen molar-refractivity contribution >= 4 is 0 Å². The summed E-state index contributed by atoms with van der Waals surface area (Å²) >= 11 is 0. The maximum absolute atomic E-state index is 10.1. The van der Waals surface area contributed by atoms with Crippen LogP contribution in [0.1, 0.15) is 38.5 Å². The van der Waals surface area contributed by atoms with E-state index in [1.54, 1.807) is 10.9 Å². The number of ether oxygens (including phenoxy) is 1. The molecule has 0 aliphatic heterocycles. The highest BCUT2D eigenvalue weighted by Gasteiger charge is 2.56. The van der Waals surface area contributed by atoms with Crippen LogP contribution in [0.2, 0.25) is 0 Å². The molecule has 2 aliphatic rings. The molecule has 17 heavy (non-hydrogen) atoms. The third-order valence-electron chi connectivity index (χ3n) is 4.49. The summed E-state index contributed by atoms with van der Waals surface area (Å²) in [4.78, 5) is 0. The van der Waals surface area contributed by atoms with Crippen molar-refractivity contribution < 1.29 is 9.84 Å². The Labute approximate surface area is 102 Å². The number of hydrogen-bond acceptors (Lipinski definition) is 3. The second-order valence-corrected chi connectivity index (χ2v) is 5.50. The predicted octanol–water partition coefficient (Wildman–Crippen LogP) is 1.88. The zero-order valence-corrected chi connectivity index (χ0v) is 10.3. The SMILES string of the molecule is Cn1cc(OC2CC(O)C23CCCCC3)cn1. The first-order chi connectivity index (χ1) is 8.21. The summed E-state index contributed by atoms with van der Waals surface area (Å²) in [6, 6.07) is 0. The lowest BCUT2D eigenvalue weighted by molar-refractivity contribution is -0.172. The Morgan fingerprint density at radius 1 is 1.41 bits per heavy atom. The van der Waals surface area contributed by atoms with Crippen molar-refractivity contribution in [1.29, 1.82) is 0 Å². The molecule has 2 saturated carbocycles. The fourth-order valence-corrected chi connectivity index (χ4v) is 3.38. The van der Waals surface area contributed by atoms with Gasteiger partial charge >= 0.3 is 0 Å². The molecule has 0 saturated heterocycles. The lowest BCUT2D eigenvalue weighted by Crippen LogP contribution is -2.60. The van der Waals surface area contributed by atoms with Crippen LogP contribution in [-0.4, -0.2) is 27.1 Å². The zero-order chi connectivity index (χ0) is 11.9. The standard InChI is InChI=1S/C13H20N2O2/c1-15-9-10(8-14-15)17-12-7-11(16)13(12)5-3-2-4-6-13/h8-9,11-12,16H,2-7H2,1H3. The van der Waals surface area contributed by atoms with E-state index in [1.807, 2.05) is 13.2 Å². The third kappa shape index (κ3) is 1.75. The Morgan fingerprint density at radius 3 is 2.76 bits per heavy atom. The molecule has 4 heteroatoms. The maximum atomic E-state index is 10.1. The van der Waals surface area contributed by atoms with Crippen molar-refractivity contribution in [2.24, 2.45) is 12.5 Å². The van der Waals surface area contributed by atoms with E-state index in [2.05, 4.69) is 5.10 Å². The summed E-state index contributed by atoms with van der Waals surface area (Å²) in [7, 11) is 1.89. The van der Waals surface area contributed by atoms with E-state index in [1.165, 1.54) is 19.3 Å². The number of aryl methyl sites for hydroxylation is 1. The Hall–Kier alpha value is -1.03. The second kappa shape index (κ2) is 4.02. The van der Waals surface area contributed by atoms with Gasteiger partial charge in [0.2, 0.25) is 0 Å². The van der Waals surface area contributed by atoms with Gasteiger partial charge in [-0.15, -0.1) is 0 Å². The van der Waals surface area contributed by atoms with Crippen molar-refractivity contribution in [3.05, 3.63) is 12.4 Å². The van der Waals surface area contributed by atoms with Gasteiger partial charge in [0.15, 0.2) is 5.75 Å². The molecule has 1 N–H and O–H groups in total. The molecule has 3 rings (SSSR count). The second-order valence-electron chi connectivity index (χ2n) is 5.50. The fourth-order valence-electron chi connectivity index (χ4n) is 3.38. The number of aliphatic hydroxyl groups excluding tert-OH is 1. The van der Waals surface area contributed by atoms with E-state index in [-0.39, 0.29) is 17.6 Å². The smallest absolute Gasteiger partial charge is 0.157 e. The minimum Gasteiger partial charge on any atom is -0.486 e. The summed E-state index contributed by atoms with van der Waals surface area (Å²) in [6.45, 7) is 0. The normalized spacial score (nSPS) is 31.2. The van der Waals surface area contributed by atoms with Crippen LogP contribution in [0.15, 0.2) is 12.4 Å². The van der Waals surface area contributed by atoms with Gasteiger partial charge < -0.3 is 9.84 Å². The van der Waals surface area contributed by atoms with Gasteiger partial charge in [-0.25, -0.2) is 0 Å². The number of hydrogen-bond donors (Lipinski definition) is 1. The number of nitrogens with zero attached hydrogens (tertiary/aromatic N) is 2. The topological polar surface area (TPSA) is 47.3 Å². The Balaban J connectivity index is 1.71. The fraction of sp³-hybridized carbons (Fsp3) is 0.769. The molecular weight excluding hydrogens is 216 g/mol. The summed E-state index contributed by atoms with van der Waals surface area (Å²) in [6.07, 6.45) is 10.4. The monoisotopic (exact) mass is 236 g/mol. The van der Waals surface area contributed by atoms with Crippen molar-refractivity contribution in [2.45, 2.75) is 50.7 Å². The van der Waals surface area contributed by atoms with E-state index >= 15 is 0 Å². The Morgan fingerprint density at radius 2 is 2.18 bits per heavy atom. The van der Waals surface area contributed by atoms with Crippen molar-refractivity contribution in [3.8, 4) is 5.75 Å². The first kappa shape index (κ1) is 11.1. The summed E-state index contributed by atoms with van der Waals surface area (Å²) in [5.74, 6) is 0.828. The average molecular weight is 236 g/mol. The molecule has 0 radical (unpaired) electrons. The lowest BCUT2D eigenvalue weighted by Gasteiger charge is -2.54. The zero-order valence-electron chi connectivity index (χ0n) is 10.3. The van der Waals surface area contributed by atoms with Crippen LogP contribution in [-0.2, 0) is 7.05 Å². The van der Waals surface area contributed by atoms with Gasteiger partial charge in [0.1, 0.15) is 6.10 Å². The predicted molar refractivity (Wildman–Crippen MR) is 63.8 cm³/mol. The Bertz CT molecular complexity index is 396. The van der Waals surface area contributed by atoms with E-state index in [0.29, 0.717) is 0 Å². The van der Waals surface area contributed by atoms with Gasteiger partial charge in [-0.2, -0.15) is 5.10 Å². The molecule has 1 heterocycles. The van der Waals surface area contributed by atoms with Gasteiger partial charge in [0.05, 0.1) is 18.5 Å².